The first kappa shape index (κ1) is 9.12. The number of hydrogen-bond donors (Lipinski definition) is 0. The number of fused-ring (bicyclic) bond motifs is 2. The molecule has 2 aliphatic rings. The highest BCUT2D eigenvalue weighted by Gasteiger charge is 2.50. The van der Waals surface area contributed by atoms with Crippen molar-refractivity contribution in [3.63, 3.8) is 0 Å². The van der Waals surface area contributed by atoms with Gasteiger partial charge in [-0.05, 0) is 12.8 Å². The van der Waals surface area contributed by atoms with Crippen molar-refractivity contribution in [2.45, 2.75) is 23.8 Å². The molecule has 1 aromatic rings. The monoisotopic (exact) mass is 277 g/mol. The highest BCUT2D eigenvalue weighted by molar-refractivity contribution is 9.10. The lowest BCUT2D eigenvalue weighted by Gasteiger charge is -2.23. The molecule has 3 rings (SSSR count). The first-order chi connectivity index (χ1) is 6.66. The van der Waals surface area contributed by atoms with Gasteiger partial charge in [-0.15, -0.1) is 21.8 Å². The van der Waals surface area contributed by atoms with Gasteiger partial charge in [0.1, 0.15) is 0 Å². The quantitative estimate of drug-likeness (QED) is 0.737. The van der Waals surface area contributed by atoms with Crippen LogP contribution in [0.5, 0.6) is 0 Å². The molecule has 0 amide bonds. The molecule has 2 aliphatic heterocycles. The van der Waals surface area contributed by atoms with Crippen molar-refractivity contribution in [2.75, 3.05) is 13.1 Å². The average Bonchev–Trinajstić information content (AvgIpc) is 2.76. The number of aromatic nitrogens is 2. The molecule has 2 fully saturated rings. The molecule has 4 nitrogen and oxygen atoms in total. The third kappa shape index (κ3) is 1.30. The Kier molecular flexibility index (Phi) is 1.91. The maximum atomic E-state index is 6.40. The van der Waals surface area contributed by atoms with Gasteiger partial charge >= 0.3 is 0 Å². The van der Waals surface area contributed by atoms with E-state index in [0.717, 1.165) is 25.9 Å². The zero-order valence-corrected chi connectivity index (χ0v) is 9.75. The van der Waals surface area contributed by atoms with Crippen LogP contribution >= 0.6 is 27.5 Å². The van der Waals surface area contributed by atoms with Gasteiger partial charge in [0, 0.05) is 29.0 Å². The van der Waals surface area contributed by atoms with Gasteiger partial charge in [-0.2, -0.15) is 0 Å². The van der Waals surface area contributed by atoms with E-state index in [1.807, 2.05) is 0 Å². The van der Waals surface area contributed by atoms with Crippen molar-refractivity contribution in [2.24, 2.45) is 0 Å². The predicted molar refractivity (Wildman–Crippen MR) is 54.1 cm³/mol. The number of piperidine rings is 1. The normalized spacial score (nSPS) is 40.7. The van der Waals surface area contributed by atoms with Gasteiger partial charge in [0.05, 0.1) is 10.9 Å². The second-order valence-corrected chi connectivity index (χ2v) is 5.46. The van der Waals surface area contributed by atoms with Crippen molar-refractivity contribution < 1.29 is 4.42 Å². The first-order valence-electron chi connectivity index (χ1n) is 4.58. The third-order valence-corrected chi connectivity index (χ3v) is 3.82. The summed E-state index contributed by atoms with van der Waals surface area (Å²) < 4.78 is 5.36. The maximum absolute atomic E-state index is 6.40. The fourth-order valence-corrected chi connectivity index (χ4v) is 3.00. The fourth-order valence-electron chi connectivity index (χ4n) is 2.37. The molecule has 6 heteroatoms. The van der Waals surface area contributed by atoms with Gasteiger partial charge in [0.2, 0.25) is 5.89 Å². The predicted octanol–water partition coefficient (Wildman–Crippen LogP) is 1.96. The van der Waals surface area contributed by atoms with Gasteiger partial charge in [-0.3, -0.25) is 4.90 Å². The lowest BCUT2D eigenvalue weighted by Crippen LogP contribution is -2.24. The van der Waals surface area contributed by atoms with E-state index in [4.69, 9.17) is 16.0 Å². The van der Waals surface area contributed by atoms with Crippen molar-refractivity contribution in [3.05, 3.63) is 10.7 Å². The molecule has 0 spiro atoms. The molecule has 76 valence electrons. The summed E-state index contributed by atoms with van der Waals surface area (Å²) in [4.78, 5) is 2.71. The summed E-state index contributed by atoms with van der Waals surface area (Å²) in [5, 5.41) is 7.78. The van der Waals surface area contributed by atoms with Crippen molar-refractivity contribution in [1.29, 1.82) is 0 Å². The Labute approximate surface area is 94.7 Å². The van der Waals surface area contributed by atoms with Crippen LogP contribution in [0.1, 0.15) is 24.8 Å². The number of hydrogen-bond acceptors (Lipinski definition) is 4. The lowest BCUT2D eigenvalue weighted by molar-refractivity contribution is 0.225. The van der Waals surface area contributed by atoms with Gasteiger partial charge in [0.15, 0.2) is 0 Å². The van der Waals surface area contributed by atoms with E-state index in [-0.39, 0.29) is 10.9 Å². The summed E-state index contributed by atoms with van der Waals surface area (Å²) in [6.07, 6.45) is 1.99. The molecule has 3 unspecified atom stereocenters. The summed E-state index contributed by atoms with van der Waals surface area (Å²) >= 11 is 9.56. The van der Waals surface area contributed by atoms with Gasteiger partial charge < -0.3 is 4.42 Å². The molecule has 0 aromatic carbocycles. The Hall–Kier alpha value is -0.130. The summed E-state index contributed by atoms with van der Waals surface area (Å²) in [6, 6.07) is 0.222. The highest BCUT2D eigenvalue weighted by Crippen LogP contribution is 2.48. The molecule has 2 saturated heterocycles. The molecular formula is C8H9BrClN3O. The molecule has 2 bridgehead atoms. The van der Waals surface area contributed by atoms with Crippen LogP contribution < -0.4 is 0 Å². The third-order valence-electron chi connectivity index (χ3n) is 3.03. The molecule has 0 N–H and O–H groups in total. The largest absolute Gasteiger partial charge is 0.414 e. The Morgan fingerprint density at radius 2 is 2.43 bits per heavy atom. The van der Waals surface area contributed by atoms with Gasteiger partial charge in [-0.25, -0.2) is 0 Å². The van der Waals surface area contributed by atoms with E-state index in [0.29, 0.717) is 10.7 Å². The van der Waals surface area contributed by atoms with Crippen LogP contribution in [-0.4, -0.2) is 33.1 Å². The van der Waals surface area contributed by atoms with Gasteiger partial charge in [0.25, 0.3) is 4.80 Å². The van der Waals surface area contributed by atoms with E-state index in [9.17, 15) is 0 Å². The maximum Gasteiger partial charge on any atom is 0.284 e. The van der Waals surface area contributed by atoms with E-state index in [1.165, 1.54) is 0 Å². The summed E-state index contributed by atoms with van der Waals surface area (Å²) in [5.74, 6) is 0.680. The lowest BCUT2D eigenvalue weighted by atomic mass is 9.99. The molecule has 3 atom stereocenters. The zero-order valence-electron chi connectivity index (χ0n) is 7.41. The van der Waals surface area contributed by atoms with Crippen LogP contribution in [0.25, 0.3) is 0 Å². The number of nitrogens with zero attached hydrogens (tertiary/aromatic N) is 3. The van der Waals surface area contributed by atoms with E-state index in [1.54, 1.807) is 0 Å². The molecule has 3 heterocycles. The summed E-state index contributed by atoms with van der Waals surface area (Å²) in [7, 11) is 0. The Morgan fingerprint density at radius 1 is 1.57 bits per heavy atom. The van der Waals surface area contributed by atoms with Crippen LogP contribution in [0, 0.1) is 0 Å². The van der Waals surface area contributed by atoms with Crippen LogP contribution in [-0.2, 0) is 0 Å². The fraction of sp³-hybridized carbons (Fsp3) is 0.750. The number of rotatable bonds is 1. The molecule has 0 radical (unpaired) electrons. The average molecular weight is 279 g/mol. The highest BCUT2D eigenvalue weighted by atomic mass is 79.9. The number of alkyl halides is 1. The van der Waals surface area contributed by atoms with E-state index in [2.05, 4.69) is 31.0 Å². The van der Waals surface area contributed by atoms with Crippen molar-refractivity contribution in [1.82, 2.24) is 15.1 Å². The Morgan fingerprint density at radius 3 is 2.93 bits per heavy atom. The second-order valence-electron chi connectivity index (χ2n) is 3.98. The minimum Gasteiger partial charge on any atom is -0.414 e. The summed E-state index contributed by atoms with van der Waals surface area (Å²) in [6.45, 7) is 1.98. The molecule has 14 heavy (non-hydrogen) atoms. The molecule has 1 aromatic heterocycles. The molecular weight excluding hydrogens is 269 g/mol. The van der Waals surface area contributed by atoms with Crippen LogP contribution in [0.15, 0.2) is 9.22 Å². The van der Waals surface area contributed by atoms with E-state index >= 15 is 0 Å². The first-order valence-corrected chi connectivity index (χ1v) is 5.75. The van der Waals surface area contributed by atoms with Crippen molar-refractivity contribution >= 4 is 27.5 Å². The van der Waals surface area contributed by atoms with Gasteiger partial charge in [-0.1, -0.05) is 0 Å². The van der Waals surface area contributed by atoms with Crippen LogP contribution in [0.3, 0.4) is 0 Å². The zero-order chi connectivity index (χ0) is 9.76. The smallest absolute Gasteiger partial charge is 0.284 e. The molecule has 0 saturated carbocycles. The Bertz CT molecular complexity index is 371. The van der Waals surface area contributed by atoms with Crippen LogP contribution in [0.4, 0.5) is 0 Å². The minimum absolute atomic E-state index is 0.0500. The van der Waals surface area contributed by atoms with E-state index < -0.39 is 0 Å². The SMILES string of the molecule is ClC12CCN(C1)C(c1nnc(Br)o1)C2. The standard InChI is InChI=1S/C8H9BrClN3O/c9-7-12-11-6(14-7)5-3-8(10)1-2-13(5)4-8/h5H,1-4H2. The van der Waals surface area contributed by atoms with Crippen LogP contribution in [0.2, 0.25) is 0 Å². The summed E-state index contributed by atoms with van der Waals surface area (Å²) in [5.41, 5.74) is 0. The topological polar surface area (TPSA) is 42.2 Å². The van der Waals surface area contributed by atoms with Crippen molar-refractivity contribution in [3.8, 4) is 0 Å². The Balaban J connectivity index is 1.89. The number of halogens is 2. The minimum atomic E-state index is -0.0500. The second kappa shape index (κ2) is 2.93. The molecule has 0 aliphatic carbocycles.